The van der Waals surface area contributed by atoms with Crippen LogP contribution in [0.15, 0.2) is 54.9 Å². The molecule has 31 heavy (non-hydrogen) atoms. The number of aliphatic hydroxyl groups excluding tert-OH is 1. The molecule has 0 saturated heterocycles. The lowest BCUT2D eigenvalue weighted by molar-refractivity contribution is -0.206. The monoisotopic (exact) mass is 433 g/mol. The fourth-order valence-electron chi connectivity index (χ4n) is 2.98. The SMILES string of the molecule is Cc1ccc(-c2cc(C(=O)N[C@H](C)c3ncccc3F)cc(C(O)C(F)(F)F)c2)nc1. The highest BCUT2D eigenvalue weighted by Crippen LogP contribution is 2.35. The molecule has 2 aromatic heterocycles. The first-order valence-corrected chi connectivity index (χ1v) is 9.30. The van der Waals surface area contributed by atoms with Crippen molar-refractivity contribution in [2.75, 3.05) is 0 Å². The van der Waals surface area contributed by atoms with Crippen molar-refractivity contribution >= 4 is 5.91 Å². The molecule has 0 fully saturated rings. The third kappa shape index (κ3) is 5.24. The lowest BCUT2D eigenvalue weighted by atomic mass is 9.98. The number of nitrogens with zero attached hydrogens (tertiary/aromatic N) is 2. The highest BCUT2D eigenvalue weighted by molar-refractivity contribution is 5.96. The lowest BCUT2D eigenvalue weighted by Crippen LogP contribution is -2.28. The van der Waals surface area contributed by atoms with Crippen LogP contribution in [0.1, 0.15) is 46.2 Å². The molecular formula is C22H19F4N3O2. The number of hydrogen-bond donors (Lipinski definition) is 2. The highest BCUT2D eigenvalue weighted by atomic mass is 19.4. The summed E-state index contributed by atoms with van der Waals surface area (Å²) in [5.74, 6) is -1.37. The largest absolute Gasteiger partial charge is 0.418 e. The lowest BCUT2D eigenvalue weighted by Gasteiger charge is -2.18. The Balaban J connectivity index is 1.99. The van der Waals surface area contributed by atoms with Crippen molar-refractivity contribution in [3.8, 4) is 11.3 Å². The summed E-state index contributed by atoms with van der Waals surface area (Å²) < 4.78 is 53.3. The first kappa shape index (κ1) is 22.4. The molecule has 0 saturated carbocycles. The Kier molecular flexibility index (Phi) is 6.35. The normalized spacial score (nSPS) is 13.5. The van der Waals surface area contributed by atoms with Gasteiger partial charge in [0, 0.05) is 23.5 Å². The van der Waals surface area contributed by atoms with Gasteiger partial charge in [0.2, 0.25) is 0 Å². The maximum absolute atomic E-state index is 13.9. The molecule has 0 aliphatic heterocycles. The molecule has 3 aromatic rings. The van der Waals surface area contributed by atoms with Crippen LogP contribution in [0.5, 0.6) is 0 Å². The number of rotatable bonds is 5. The molecule has 5 nitrogen and oxygen atoms in total. The van der Waals surface area contributed by atoms with Crippen molar-refractivity contribution in [3.63, 3.8) is 0 Å². The van der Waals surface area contributed by atoms with Crippen molar-refractivity contribution in [2.45, 2.75) is 32.2 Å². The molecule has 1 unspecified atom stereocenters. The van der Waals surface area contributed by atoms with Crippen molar-refractivity contribution in [1.82, 2.24) is 15.3 Å². The number of carbonyl (C=O) groups excluding carboxylic acids is 1. The van der Waals surface area contributed by atoms with Crippen LogP contribution in [0.2, 0.25) is 0 Å². The highest BCUT2D eigenvalue weighted by Gasteiger charge is 2.39. The molecule has 0 aliphatic rings. The van der Waals surface area contributed by atoms with Gasteiger partial charge in [-0.1, -0.05) is 6.07 Å². The van der Waals surface area contributed by atoms with E-state index in [-0.39, 0.29) is 16.8 Å². The second-order valence-electron chi connectivity index (χ2n) is 7.07. The van der Waals surface area contributed by atoms with Crippen LogP contribution in [-0.4, -0.2) is 27.2 Å². The summed E-state index contributed by atoms with van der Waals surface area (Å²) in [5, 5.41) is 12.3. The summed E-state index contributed by atoms with van der Waals surface area (Å²) in [6.07, 6.45) is -4.80. The van der Waals surface area contributed by atoms with Crippen LogP contribution in [0, 0.1) is 12.7 Å². The number of pyridine rings is 2. The zero-order chi connectivity index (χ0) is 22.8. The third-order valence-corrected chi connectivity index (χ3v) is 4.60. The molecule has 2 heterocycles. The summed E-state index contributed by atoms with van der Waals surface area (Å²) in [5.41, 5.74) is 0.750. The smallest absolute Gasteiger partial charge is 0.379 e. The number of carbonyl (C=O) groups is 1. The molecule has 2 atom stereocenters. The number of nitrogens with one attached hydrogen (secondary N) is 1. The minimum atomic E-state index is -4.92. The van der Waals surface area contributed by atoms with Gasteiger partial charge in [0.15, 0.2) is 6.10 Å². The first-order valence-electron chi connectivity index (χ1n) is 9.30. The van der Waals surface area contributed by atoms with Gasteiger partial charge in [-0.2, -0.15) is 13.2 Å². The van der Waals surface area contributed by atoms with Gasteiger partial charge >= 0.3 is 6.18 Å². The van der Waals surface area contributed by atoms with Gasteiger partial charge in [-0.25, -0.2) is 4.39 Å². The van der Waals surface area contributed by atoms with Gasteiger partial charge in [0.05, 0.1) is 17.4 Å². The van der Waals surface area contributed by atoms with Crippen LogP contribution in [0.4, 0.5) is 17.6 Å². The van der Waals surface area contributed by atoms with E-state index in [9.17, 15) is 27.5 Å². The number of aliphatic hydroxyl groups is 1. The number of halogens is 4. The number of alkyl halides is 3. The fourth-order valence-corrected chi connectivity index (χ4v) is 2.98. The molecule has 1 amide bonds. The molecule has 3 rings (SSSR count). The number of aromatic nitrogens is 2. The Bertz CT molecular complexity index is 1080. The summed E-state index contributed by atoms with van der Waals surface area (Å²) in [6.45, 7) is 3.30. The van der Waals surface area contributed by atoms with E-state index < -0.39 is 35.6 Å². The predicted molar refractivity (Wildman–Crippen MR) is 106 cm³/mol. The van der Waals surface area contributed by atoms with E-state index in [2.05, 4.69) is 15.3 Å². The van der Waals surface area contributed by atoms with E-state index >= 15 is 0 Å². The second kappa shape index (κ2) is 8.81. The predicted octanol–water partition coefficient (Wildman–Crippen LogP) is 4.68. The maximum atomic E-state index is 13.9. The van der Waals surface area contributed by atoms with Crippen molar-refractivity contribution < 1.29 is 27.5 Å². The molecule has 1 aromatic carbocycles. The van der Waals surface area contributed by atoms with Gasteiger partial charge in [0.25, 0.3) is 5.91 Å². The number of amides is 1. The van der Waals surface area contributed by atoms with E-state index in [0.29, 0.717) is 5.69 Å². The Hall–Kier alpha value is -3.33. The van der Waals surface area contributed by atoms with Gasteiger partial charge in [-0.15, -0.1) is 0 Å². The Labute approximate surface area is 175 Å². The Morgan fingerprint density at radius 1 is 1.13 bits per heavy atom. The van der Waals surface area contributed by atoms with Crippen LogP contribution in [0.3, 0.4) is 0 Å². The number of hydrogen-bond acceptors (Lipinski definition) is 4. The summed E-state index contributed by atoms with van der Waals surface area (Å²) in [7, 11) is 0. The number of benzene rings is 1. The molecule has 0 spiro atoms. The third-order valence-electron chi connectivity index (χ3n) is 4.60. The average molecular weight is 433 g/mol. The van der Waals surface area contributed by atoms with Crippen LogP contribution >= 0.6 is 0 Å². The zero-order valence-corrected chi connectivity index (χ0v) is 16.6. The zero-order valence-electron chi connectivity index (χ0n) is 16.6. The van der Waals surface area contributed by atoms with Gasteiger partial charge in [-0.05, 0) is 61.4 Å². The van der Waals surface area contributed by atoms with E-state index in [0.717, 1.165) is 17.7 Å². The molecule has 162 valence electrons. The van der Waals surface area contributed by atoms with Crippen LogP contribution in [0.25, 0.3) is 11.3 Å². The molecular weight excluding hydrogens is 414 g/mol. The summed E-state index contributed by atoms with van der Waals surface area (Å²) in [6, 6.07) is 8.51. The van der Waals surface area contributed by atoms with Gasteiger partial charge in [-0.3, -0.25) is 14.8 Å². The quantitative estimate of drug-likeness (QED) is 0.573. The van der Waals surface area contributed by atoms with Crippen molar-refractivity contribution in [2.24, 2.45) is 0 Å². The van der Waals surface area contributed by atoms with Crippen LogP contribution < -0.4 is 5.32 Å². The Morgan fingerprint density at radius 3 is 2.48 bits per heavy atom. The standard InChI is InChI=1S/C22H19F4N3O2/c1-12-5-6-18(28-11-12)14-8-15(20(30)22(24,25)26)10-16(9-14)21(31)29-13(2)19-17(23)4-3-7-27-19/h3-11,13,20,30H,1-2H3,(H,29,31)/t13-,20?/m1/s1. The fraction of sp³-hybridized carbons (Fsp3) is 0.227. The maximum Gasteiger partial charge on any atom is 0.418 e. The van der Waals surface area contributed by atoms with E-state index in [1.807, 2.05) is 0 Å². The van der Waals surface area contributed by atoms with Gasteiger partial charge in [0.1, 0.15) is 5.82 Å². The first-order chi connectivity index (χ1) is 14.6. The number of aryl methyl sites for hydroxylation is 1. The second-order valence-corrected chi connectivity index (χ2v) is 7.07. The molecule has 0 radical (unpaired) electrons. The minimum Gasteiger partial charge on any atom is -0.379 e. The molecule has 9 heteroatoms. The van der Waals surface area contributed by atoms with Crippen molar-refractivity contribution in [3.05, 3.63) is 83.1 Å². The van der Waals surface area contributed by atoms with Crippen LogP contribution in [-0.2, 0) is 0 Å². The Morgan fingerprint density at radius 2 is 1.87 bits per heavy atom. The van der Waals surface area contributed by atoms with Crippen molar-refractivity contribution in [1.29, 1.82) is 0 Å². The summed E-state index contributed by atoms with van der Waals surface area (Å²) in [4.78, 5) is 20.8. The van der Waals surface area contributed by atoms with E-state index in [1.165, 1.54) is 37.5 Å². The topological polar surface area (TPSA) is 75.1 Å². The minimum absolute atomic E-state index is 0.0113. The molecule has 0 bridgehead atoms. The molecule has 0 aliphatic carbocycles. The van der Waals surface area contributed by atoms with Gasteiger partial charge < -0.3 is 10.4 Å². The van der Waals surface area contributed by atoms with E-state index in [1.54, 1.807) is 19.1 Å². The summed E-state index contributed by atoms with van der Waals surface area (Å²) >= 11 is 0. The molecule has 2 N–H and O–H groups in total. The average Bonchev–Trinajstić information content (AvgIpc) is 2.73. The van der Waals surface area contributed by atoms with E-state index in [4.69, 9.17) is 0 Å².